The van der Waals surface area contributed by atoms with Gasteiger partial charge in [-0.15, -0.1) is 11.3 Å². The summed E-state index contributed by atoms with van der Waals surface area (Å²) in [4.78, 5) is 2.53. The van der Waals surface area contributed by atoms with Gasteiger partial charge in [-0.3, -0.25) is 0 Å². The van der Waals surface area contributed by atoms with Gasteiger partial charge >= 0.3 is 0 Å². The van der Waals surface area contributed by atoms with E-state index in [1.54, 1.807) is 0 Å². The third kappa shape index (κ3) is 5.45. The van der Waals surface area contributed by atoms with E-state index >= 15 is 0 Å². The minimum atomic E-state index is 0.269. The smallest absolute Gasteiger partial charge is 0.0562 e. The van der Waals surface area contributed by atoms with Crippen LogP contribution >= 0.6 is 11.3 Å². The molecule has 0 saturated carbocycles. The lowest BCUT2D eigenvalue weighted by Gasteiger charge is -2.35. The van der Waals surface area contributed by atoms with Crippen molar-refractivity contribution >= 4 is 81.0 Å². The standard InChI is InChI=1S/C52H40N2S/c1-3-13-35(14-4-1)36-23-26-39(27-24-36)53(47-21-11-9-18-42(47)37-15-5-2-6-16-37)41-28-30-45-49(34-41)54(48-31-25-38-17-7-8-19-43(38)52(45)48)40-29-32-51-46(33-40)44-20-10-12-22-50(44)55-51/h3,5,7-17,19-34,42H,1-2,4,6,18H2. The van der Waals surface area contributed by atoms with E-state index in [0.29, 0.717) is 0 Å². The van der Waals surface area contributed by atoms with Crippen molar-refractivity contribution in [1.29, 1.82) is 0 Å². The second kappa shape index (κ2) is 13.3. The lowest BCUT2D eigenvalue weighted by molar-refractivity contribution is 0.704. The molecule has 2 heterocycles. The molecule has 0 radical (unpaired) electrons. The topological polar surface area (TPSA) is 8.17 Å². The summed E-state index contributed by atoms with van der Waals surface area (Å²) in [6, 6.07) is 45.7. The van der Waals surface area contributed by atoms with Crippen LogP contribution in [-0.4, -0.2) is 4.57 Å². The molecule has 1 atom stereocenters. The quantitative estimate of drug-likeness (QED) is 0.166. The summed E-state index contributed by atoms with van der Waals surface area (Å²) >= 11 is 1.87. The van der Waals surface area contributed by atoms with Gasteiger partial charge in [0.05, 0.1) is 11.0 Å². The number of nitrogens with zero attached hydrogens (tertiary/aromatic N) is 2. The Hall–Kier alpha value is -6.16. The van der Waals surface area contributed by atoms with Gasteiger partial charge < -0.3 is 9.47 Å². The second-order valence-corrected chi connectivity index (χ2v) is 16.1. The molecule has 0 saturated heterocycles. The molecule has 2 nitrogen and oxygen atoms in total. The summed E-state index contributed by atoms with van der Waals surface area (Å²) < 4.78 is 5.16. The third-order valence-corrected chi connectivity index (χ3v) is 12.9. The van der Waals surface area contributed by atoms with Gasteiger partial charge in [0.25, 0.3) is 0 Å². The molecule has 8 aromatic rings. The van der Waals surface area contributed by atoms with Gasteiger partial charge in [-0.25, -0.2) is 0 Å². The molecule has 6 aromatic carbocycles. The largest absolute Gasteiger partial charge is 0.314 e. The Kier molecular flexibility index (Phi) is 7.81. The fourth-order valence-corrected chi connectivity index (χ4v) is 10.3. The predicted molar refractivity (Wildman–Crippen MR) is 238 cm³/mol. The first kappa shape index (κ1) is 32.3. The molecular formula is C52H40N2S. The Bertz CT molecular complexity index is 3010. The first-order chi connectivity index (χ1) is 27.3. The van der Waals surface area contributed by atoms with Crippen LogP contribution in [0.5, 0.6) is 0 Å². The van der Waals surface area contributed by atoms with Crippen LogP contribution in [-0.2, 0) is 0 Å². The first-order valence-electron chi connectivity index (χ1n) is 19.7. The summed E-state index contributed by atoms with van der Waals surface area (Å²) in [5, 5.41) is 7.75. The van der Waals surface area contributed by atoms with Gasteiger partial charge in [0.1, 0.15) is 0 Å². The van der Waals surface area contributed by atoms with Gasteiger partial charge in [0.2, 0.25) is 0 Å². The molecule has 0 N–H and O–H groups in total. The van der Waals surface area contributed by atoms with Crippen molar-refractivity contribution in [2.75, 3.05) is 4.90 Å². The van der Waals surface area contributed by atoms with Crippen LogP contribution in [0.2, 0.25) is 0 Å². The summed E-state index contributed by atoms with van der Waals surface area (Å²) in [6.07, 6.45) is 26.4. The fraction of sp³-hybridized carbons (Fsp3) is 0.115. The van der Waals surface area contributed by atoms with Crippen LogP contribution in [0, 0.1) is 5.92 Å². The van der Waals surface area contributed by atoms with Crippen molar-refractivity contribution in [3.8, 4) is 5.69 Å². The Morgan fingerprint density at radius 1 is 0.582 bits per heavy atom. The molecule has 0 bridgehead atoms. The van der Waals surface area contributed by atoms with E-state index in [9.17, 15) is 0 Å². The van der Waals surface area contributed by atoms with Crippen LogP contribution in [0.4, 0.5) is 11.4 Å². The van der Waals surface area contributed by atoms with Gasteiger partial charge in [0, 0.05) is 59.6 Å². The van der Waals surface area contributed by atoms with Gasteiger partial charge in [-0.05, 0) is 120 Å². The number of thiophene rings is 1. The Labute approximate surface area is 325 Å². The maximum absolute atomic E-state index is 2.53. The second-order valence-electron chi connectivity index (χ2n) is 15.0. The van der Waals surface area contributed by atoms with Crippen LogP contribution < -0.4 is 4.90 Å². The minimum Gasteiger partial charge on any atom is -0.314 e. The van der Waals surface area contributed by atoms with E-state index in [4.69, 9.17) is 0 Å². The van der Waals surface area contributed by atoms with E-state index in [0.717, 1.165) is 32.1 Å². The van der Waals surface area contributed by atoms with Crippen LogP contribution in [0.15, 0.2) is 187 Å². The maximum Gasteiger partial charge on any atom is 0.0562 e. The maximum atomic E-state index is 2.53. The summed E-state index contributed by atoms with van der Waals surface area (Å²) in [6.45, 7) is 0. The van der Waals surface area contributed by atoms with Crippen molar-refractivity contribution in [3.05, 3.63) is 193 Å². The normalized spacial score (nSPS) is 17.0. The highest BCUT2D eigenvalue weighted by Gasteiger charge is 2.27. The number of rotatable bonds is 6. The molecule has 3 heteroatoms. The Balaban J connectivity index is 1.16. The van der Waals surface area contributed by atoms with Gasteiger partial charge in [-0.2, -0.15) is 0 Å². The number of anilines is 2. The molecule has 0 amide bonds. The number of hydrogen-bond donors (Lipinski definition) is 0. The Morgan fingerprint density at radius 2 is 1.38 bits per heavy atom. The van der Waals surface area contributed by atoms with E-state index in [-0.39, 0.29) is 5.92 Å². The highest BCUT2D eigenvalue weighted by molar-refractivity contribution is 7.25. The number of fused-ring (bicyclic) bond motifs is 8. The molecule has 55 heavy (non-hydrogen) atoms. The highest BCUT2D eigenvalue weighted by atomic mass is 32.1. The molecule has 3 aliphatic rings. The summed E-state index contributed by atoms with van der Waals surface area (Å²) in [5.74, 6) is 0.269. The molecule has 3 aliphatic carbocycles. The lowest BCUT2D eigenvalue weighted by Crippen LogP contribution is -2.25. The van der Waals surface area contributed by atoms with Crippen molar-refractivity contribution in [2.45, 2.75) is 32.1 Å². The van der Waals surface area contributed by atoms with Crippen molar-refractivity contribution in [3.63, 3.8) is 0 Å². The van der Waals surface area contributed by atoms with Crippen LogP contribution in [0.25, 0.3) is 64.0 Å². The fourth-order valence-electron chi connectivity index (χ4n) is 9.17. The van der Waals surface area contributed by atoms with E-state index in [1.165, 1.54) is 92.2 Å². The molecular weight excluding hydrogens is 685 g/mol. The molecule has 0 spiro atoms. The van der Waals surface area contributed by atoms with Crippen molar-refractivity contribution in [1.82, 2.24) is 4.57 Å². The SMILES string of the molecule is C1=CCC(C2=CCCC=C2)C(N(c2ccc(C3=CCCC=C3)cc2)c2ccc3c4c5ccccc5ccc4n(-c4ccc5sc6ccccc6c5c4)c3c2)=C1. The van der Waals surface area contributed by atoms with Crippen molar-refractivity contribution < 1.29 is 0 Å². The van der Waals surface area contributed by atoms with E-state index in [1.807, 2.05) is 11.3 Å². The Morgan fingerprint density at radius 3 is 2.24 bits per heavy atom. The highest BCUT2D eigenvalue weighted by Crippen LogP contribution is 2.45. The predicted octanol–water partition coefficient (Wildman–Crippen LogP) is 14.9. The number of aromatic nitrogens is 1. The third-order valence-electron chi connectivity index (χ3n) is 11.8. The van der Waals surface area contributed by atoms with Crippen LogP contribution in [0.3, 0.4) is 0 Å². The van der Waals surface area contributed by atoms with Gasteiger partial charge in [0.15, 0.2) is 0 Å². The molecule has 0 fully saturated rings. The number of benzene rings is 6. The number of allylic oxidation sites excluding steroid dienone is 11. The zero-order valence-corrected chi connectivity index (χ0v) is 31.5. The monoisotopic (exact) mass is 724 g/mol. The zero-order valence-electron chi connectivity index (χ0n) is 30.7. The van der Waals surface area contributed by atoms with Gasteiger partial charge in [-0.1, -0.05) is 115 Å². The summed E-state index contributed by atoms with van der Waals surface area (Å²) in [7, 11) is 0. The molecule has 264 valence electrons. The zero-order chi connectivity index (χ0) is 36.3. The lowest BCUT2D eigenvalue weighted by atomic mass is 9.85. The van der Waals surface area contributed by atoms with Crippen molar-refractivity contribution in [2.24, 2.45) is 5.92 Å². The molecule has 1 unspecified atom stereocenters. The minimum absolute atomic E-state index is 0.269. The van der Waals surface area contributed by atoms with Crippen LogP contribution in [0.1, 0.15) is 37.7 Å². The first-order valence-corrected chi connectivity index (χ1v) is 20.5. The molecule has 2 aromatic heterocycles. The molecule has 0 aliphatic heterocycles. The molecule has 11 rings (SSSR count). The van der Waals surface area contributed by atoms with E-state index < -0.39 is 0 Å². The average Bonchev–Trinajstić information content (AvgIpc) is 3.80. The summed E-state index contributed by atoms with van der Waals surface area (Å²) in [5.41, 5.74) is 11.3. The number of hydrogen-bond acceptors (Lipinski definition) is 2. The van der Waals surface area contributed by atoms with E-state index in [2.05, 4.69) is 185 Å². The average molecular weight is 725 g/mol.